The summed E-state index contributed by atoms with van der Waals surface area (Å²) in [5, 5.41) is 4.61. The number of hydrogen-bond donors (Lipinski definition) is 1. The second-order valence-electron chi connectivity index (χ2n) is 6.69. The monoisotopic (exact) mass is 334 g/mol. The molecule has 2 aromatic rings. The van der Waals surface area contributed by atoms with E-state index in [4.69, 9.17) is 5.73 Å². The predicted molar refractivity (Wildman–Crippen MR) is 97.0 cm³/mol. The first-order valence-electron chi connectivity index (χ1n) is 8.12. The van der Waals surface area contributed by atoms with Gasteiger partial charge in [0.25, 0.3) is 0 Å². The maximum absolute atomic E-state index is 6.38. The molecule has 0 aliphatic carbocycles. The van der Waals surface area contributed by atoms with E-state index in [0.29, 0.717) is 12.0 Å². The third-order valence-corrected chi connectivity index (χ3v) is 4.61. The second-order valence-corrected chi connectivity index (χ2v) is 6.69. The molecule has 1 aliphatic rings. The lowest BCUT2D eigenvalue weighted by atomic mass is 9.95. The van der Waals surface area contributed by atoms with Crippen molar-refractivity contribution in [1.29, 1.82) is 0 Å². The van der Waals surface area contributed by atoms with Crippen LogP contribution in [-0.2, 0) is 6.54 Å². The molecule has 1 aromatic heterocycles. The van der Waals surface area contributed by atoms with Crippen LogP contribution in [0.5, 0.6) is 0 Å². The Morgan fingerprint density at radius 3 is 2.52 bits per heavy atom. The van der Waals surface area contributed by atoms with Crippen LogP contribution >= 0.6 is 12.4 Å². The summed E-state index contributed by atoms with van der Waals surface area (Å²) < 4.78 is 2.05. The van der Waals surface area contributed by atoms with Crippen LogP contribution in [0.3, 0.4) is 0 Å². The lowest BCUT2D eigenvalue weighted by Gasteiger charge is -2.15. The Morgan fingerprint density at radius 1 is 1.22 bits per heavy atom. The van der Waals surface area contributed by atoms with Crippen LogP contribution in [0.2, 0.25) is 0 Å². The van der Waals surface area contributed by atoms with Gasteiger partial charge in [0, 0.05) is 49.4 Å². The molecule has 2 heterocycles. The molecule has 2 N–H and O–H groups in total. The van der Waals surface area contributed by atoms with Crippen LogP contribution in [0, 0.1) is 6.92 Å². The van der Waals surface area contributed by atoms with Crippen molar-refractivity contribution in [2.45, 2.75) is 45.3 Å². The molecule has 0 saturated carbocycles. The summed E-state index contributed by atoms with van der Waals surface area (Å²) in [7, 11) is 0. The van der Waals surface area contributed by atoms with Gasteiger partial charge in [-0.25, -0.2) is 0 Å². The fraction of sp³-hybridized carbons (Fsp3) is 0.500. The number of benzene rings is 1. The van der Waals surface area contributed by atoms with Crippen LogP contribution in [-0.4, -0.2) is 33.8 Å². The molecule has 1 aliphatic heterocycles. The number of nitrogens with two attached hydrogens (primary N) is 1. The van der Waals surface area contributed by atoms with Crippen molar-refractivity contribution < 1.29 is 0 Å². The molecular weight excluding hydrogens is 308 g/mol. The van der Waals surface area contributed by atoms with Gasteiger partial charge in [-0.3, -0.25) is 9.58 Å². The molecule has 3 rings (SSSR count). The summed E-state index contributed by atoms with van der Waals surface area (Å²) in [4.78, 5) is 2.46. The highest BCUT2D eigenvalue weighted by Gasteiger charge is 2.31. The second kappa shape index (κ2) is 7.47. The molecule has 126 valence electrons. The number of rotatable bonds is 4. The zero-order chi connectivity index (χ0) is 15.7. The van der Waals surface area contributed by atoms with Crippen molar-refractivity contribution in [1.82, 2.24) is 14.7 Å². The fourth-order valence-corrected chi connectivity index (χ4v) is 3.28. The SMILES string of the molecule is Cc1nn(C(C)C)cc1CN1C[C@@H](N)[C@H](c2ccccc2)C1.Cl. The minimum atomic E-state index is 0. The number of nitrogens with zero attached hydrogens (tertiary/aromatic N) is 3. The van der Waals surface area contributed by atoms with E-state index < -0.39 is 0 Å². The normalized spacial score (nSPS) is 21.6. The Bertz CT molecular complexity index is 623. The highest BCUT2D eigenvalue weighted by Crippen LogP contribution is 2.27. The van der Waals surface area contributed by atoms with Crippen molar-refractivity contribution in [3.05, 3.63) is 53.3 Å². The molecule has 0 spiro atoms. The van der Waals surface area contributed by atoms with E-state index in [9.17, 15) is 0 Å². The number of hydrogen-bond acceptors (Lipinski definition) is 3. The Hall–Kier alpha value is -1.36. The lowest BCUT2D eigenvalue weighted by molar-refractivity contribution is 0.323. The van der Waals surface area contributed by atoms with Crippen LogP contribution in [0.15, 0.2) is 36.5 Å². The Morgan fingerprint density at radius 2 is 1.91 bits per heavy atom. The summed E-state index contributed by atoms with van der Waals surface area (Å²) >= 11 is 0. The van der Waals surface area contributed by atoms with E-state index in [1.807, 2.05) is 0 Å². The van der Waals surface area contributed by atoms with Crippen molar-refractivity contribution >= 4 is 12.4 Å². The van der Waals surface area contributed by atoms with Gasteiger partial charge in [0.1, 0.15) is 0 Å². The van der Waals surface area contributed by atoms with Gasteiger partial charge in [0.05, 0.1) is 5.69 Å². The fourth-order valence-electron chi connectivity index (χ4n) is 3.28. The van der Waals surface area contributed by atoms with Gasteiger partial charge in [-0.2, -0.15) is 5.10 Å². The predicted octanol–water partition coefficient (Wildman–Crippen LogP) is 3.12. The van der Waals surface area contributed by atoms with Gasteiger partial charge in [-0.1, -0.05) is 30.3 Å². The molecule has 1 fully saturated rings. The van der Waals surface area contributed by atoms with Gasteiger partial charge in [-0.05, 0) is 26.3 Å². The van der Waals surface area contributed by atoms with Gasteiger partial charge < -0.3 is 5.73 Å². The van der Waals surface area contributed by atoms with E-state index in [1.54, 1.807) is 0 Å². The van der Waals surface area contributed by atoms with Gasteiger partial charge in [0.2, 0.25) is 0 Å². The number of halogens is 1. The standard InChI is InChI=1S/C18H26N4.ClH/c1-13(2)22-10-16(14(3)20-22)9-21-11-17(18(19)12-21)15-7-5-4-6-8-15;/h4-8,10,13,17-18H,9,11-12,19H2,1-3H3;1H/t17-,18+;/m0./s1. The van der Waals surface area contributed by atoms with E-state index in [2.05, 4.69) is 72.0 Å². The van der Waals surface area contributed by atoms with E-state index in [-0.39, 0.29) is 18.4 Å². The van der Waals surface area contributed by atoms with E-state index in [1.165, 1.54) is 11.1 Å². The smallest absolute Gasteiger partial charge is 0.0638 e. The maximum Gasteiger partial charge on any atom is 0.0638 e. The van der Waals surface area contributed by atoms with Gasteiger partial charge >= 0.3 is 0 Å². The van der Waals surface area contributed by atoms with Crippen molar-refractivity contribution in [2.24, 2.45) is 5.73 Å². The maximum atomic E-state index is 6.38. The molecule has 0 unspecified atom stereocenters. The first-order chi connectivity index (χ1) is 10.5. The van der Waals surface area contributed by atoms with Gasteiger partial charge in [0.15, 0.2) is 0 Å². The van der Waals surface area contributed by atoms with Crippen molar-refractivity contribution in [3.8, 4) is 0 Å². The zero-order valence-corrected chi connectivity index (χ0v) is 15.0. The Balaban J connectivity index is 0.00000192. The van der Waals surface area contributed by atoms with Crippen molar-refractivity contribution in [2.75, 3.05) is 13.1 Å². The highest BCUT2D eigenvalue weighted by molar-refractivity contribution is 5.85. The zero-order valence-electron chi connectivity index (χ0n) is 14.1. The molecule has 5 heteroatoms. The third kappa shape index (κ3) is 3.94. The minimum absolute atomic E-state index is 0. The summed E-state index contributed by atoms with van der Waals surface area (Å²) in [5.41, 5.74) is 10.2. The van der Waals surface area contributed by atoms with Crippen LogP contribution in [0.4, 0.5) is 0 Å². The quantitative estimate of drug-likeness (QED) is 0.934. The molecule has 23 heavy (non-hydrogen) atoms. The number of aryl methyl sites for hydroxylation is 1. The molecular formula is C18H27ClN4. The molecule has 1 saturated heterocycles. The number of likely N-dealkylation sites (tertiary alicyclic amines) is 1. The topological polar surface area (TPSA) is 47.1 Å². The summed E-state index contributed by atoms with van der Waals surface area (Å²) in [6.07, 6.45) is 2.18. The molecule has 0 amide bonds. The molecule has 1 aromatic carbocycles. The Labute approximate surface area is 145 Å². The minimum Gasteiger partial charge on any atom is -0.326 e. The van der Waals surface area contributed by atoms with Crippen LogP contribution < -0.4 is 5.73 Å². The first-order valence-corrected chi connectivity index (χ1v) is 8.12. The summed E-state index contributed by atoms with van der Waals surface area (Å²) in [5.74, 6) is 0.432. The highest BCUT2D eigenvalue weighted by atomic mass is 35.5. The Kier molecular flexibility index (Phi) is 5.84. The summed E-state index contributed by atoms with van der Waals surface area (Å²) in [6.45, 7) is 9.33. The third-order valence-electron chi connectivity index (χ3n) is 4.61. The van der Waals surface area contributed by atoms with Crippen molar-refractivity contribution in [3.63, 3.8) is 0 Å². The van der Waals surface area contributed by atoms with Crippen LogP contribution in [0.1, 0.15) is 42.6 Å². The average molecular weight is 335 g/mol. The molecule has 0 bridgehead atoms. The molecule has 4 nitrogen and oxygen atoms in total. The van der Waals surface area contributed by atoms with Gasteiger partial charge in [-0.15, -0.1) is 12.4 Å². The summed E-state index contributed by atoms with van der Waals surface area (Å²) in [6, 6.07) is 11.3. The van der Waals surface area contributed by atoms with E-state index >= 15 is 0 Å². The lowest BCUT2D eigenvalue weighted by Crippen LogP contribution is -2.28. The molecule has 2 atom stereocenters. The number of aromatic nitrogens is 2. The first kappa shape index (κ1) is 18.0. The van der Waals surface area contributed by atoms with E-state index in [0.717, 1.165) is 25.3 Å². The van der Waals surface area contributed by atoms with Crippen LogP contribution in [0.25, 0.3) is 0 Å². The molecule has 0 radical (unpaired) electrons. The average Bonchev–Trinajstić information content (AvgIpc) is 3.04. The largest absolute Gasteiger partial charge is 0.326 e.